The number of hydrogen-bond donors (Lipinski definition) is 1. The van der Waals surface area contributed by atoms with E-state index in [1.54, 1.807) is 0 Å². The van der Waals surface area contributed by atoms with Gasteiger partial charge in [0.2, 0.25) is 0 Å². The van der Waals surface area contributed by atoms with Crippen molar-refractivity contribution < 1.29 is 8.42 Å². The second kappa shape index (κ2) is 6.52. The van der Waals surface area contributed by atoms with Crippen molar-refractivity contribution in [3.05, 3.63) is 0 Å². The van der Waals surface area contributed by atoms with Crippen molar-refractivity contribution >= 4 is 32.2 Å². The number of nitrogens with zero attached hydrogens (tertiary/aromatic N) is 2. The first-order chi connectivity index (χ1) is 9.80. The minimum absolute atomic E-state index is 0.144. The SMILES string of the molecule is CC(C)CCN(c1snc(N)c1S(C)(=O)=O)C1CCCC1. The Bertz CT molecular complexity index is 575. The molecule has 0 atom stereocenters. The smallest absolute Gasteiger partial charge is 0.182 e. The Morgan fingerprint density at radius 2 is 2.00 bits per heavy atom. The third kappa shape index (κ3) is 3.88. The van der Waals surface area contributed by atoms with E-state index < -0.39 is 9.84 Å². The number of sulfone groups is 1. The van der Waals surface area contributed by atoms with Gasteiger partial charge in [-0.15, -0.1) is 0 Å². The van der Waals surface area contributed by atoms with Gasteiger partial charge in [0.1, 0.15) is 9.90 Å². The minimum Gasteiger partial charge on any atom is -0.382 e. The van der Waals surface area contributed by atoms with E-state index in [0.29, 0.717) is 12.0 Å². The van der Waals surface area contributed by atoms with Gasteiger partial charge in [-0.2, -0.15) is 4.37 Å². The fourth-order valence-corrected chi connectivity index (χ4v) is 5.17. The van der Waals surface area contributed by atoms with Gasteiger partial charge in [-0.1, -0.05) is 26.7 Å². The molecule has 1 fully saturated rings. The van der Waals surface area contributed by atoms with Crippen molar-refractivity contribution in [1.82, 2.24) is 4.37 Å². The average molecular weight is 332 g/mol. The number of hydrogen-bond acceptors (Lipinski definition) is 6. The van der Waals surface area contributed by atoms with E-state index in [-0.39, 0.29) is 10.7 Å². The predicted octanol–water partition coefficient (Wildman–Crippen LogP) is 2.92. The van der Waals surface area contributed by atoms with Crippen LogP contribution in [0.4, 0.5) is 10.8 Å². The van der Waals surface area contributed by atoms with Gasteiger partial charge in [0.15, 0.2) is 15.7 Å². The van der Waals surface area contributed by atoms with Gasteiger partial charge >= 0.3 is 0 Å². The van der Waals surface area contributed by atoms with Crippen LogP contribution in [-0.2, 0) is 9.84 Å². The summed E-state index contributed by atoms with van der Waals surface area (Å²) in [5.74, 6) is 0.728. The molecule has 0 bridgehead atoms. The third-order valence-electron chi connectivity index (χ3n) is 4.00. The number of aromatic nitrogens is 1. The van der Waals surface area contributed by atoms with Gasteiger partial charge < -0.3 is 10.6 Å². The Balaban J connectivity index is 2.36. The van der Waals surface area contributed by atoms with Crippen molar-refractivity contribution in [2.45, 2.75) is 56.9 Å². The molecule has 2 N–H and O–H groups in total. The monoisotopic (exact) mass is 331 g/mol. The number of rotatable bonds is 6. The van der Waals surface area contributed by atoms with Crippen LogP contribution in [-0.4, -0.2) is 31.6 Å². The van der Waals surface area contributed by atoms with E-state index in [2.05, 4.69) is 23.1 Å². The molecule has 0 aromatic carbocycles. The van der Waals surface area contributed by atoms with Gasteiger partial charge in [-0.3, -0.25) is 0 Å². The number of nitrogen functional groups attached to an aromatic ring is 1. The molecule has 0 unspecified atom stereocenters. The molecule has 0 amide bonds. The molecule has 1 heterocycles. The molecule has 5 nitrogen and oxygen atoms in total. The molecule has 1 aliphatic carbocycles. The molecular weight excluding hydrogens is 306 g/mol. The molecule has 2 rings (SSSR count). The Morgan fingerprint density at radius 1 is 1.38 bits per heavy atom. The van der Waals surface area contributed by atoms with Gasteiger partial charge in [-0.25, -0.2) is 8.42 Å². The van der Waals surface area contributed by atoms with Crippen molar-refractivity contribution in [2.75, 3.05) is 23.4 Å². The summed E-state index contributed by atoms with van der Waals surface area (Å²) in [5, 5.41) is 0.738. The molecule has 0 saturated heterocycles. The molecule has 1 aromatic heterocycles. The topological polar surface area (TPSA) is 76.3 Å². The van der Waals surface area contributed by atoms with E-state index in [0.717, 1.165) is 30.8 Å². The largest absolute Gasteiger partial charge is 0.382 e. The van der Waals surface area contributed by atoms with Gasteiger partial charge in [0, 0.05) is 18.8 Å². The quantitative estimate of drug-likeness (QED) is 0.867. The van der Waals surface area contributed by atoms with Gasteiger partial charge in [0.05, 0.1) is 0 Å². The maximum absolute atomic E-state index is 12.1. The average Bonchev–Trinajstić information content (AvgIpc) is 2.98. The molecule has 120 valence electrons. The fourth-order valence-electron chi connectivity index (χ4n) is 2.88. The van der Waals surface area contributed by atoms with Gasteiger partial charge in [-0.05, 0) is 36.7 Å². The lowest BCUT2D eigenvalue weighted by Gasteiger charge is -2.30. The molecule has 0 spiro atoms. The highest BCUT2D eigenvalue weighted by molar-refractivity contribution is 7.91. The molecule has 1 aliphatic rings. The fraction of sp³-hybridized carbons (Fsp3) is 0.786. The van der Waals surface area contributed by atoms with E-state index in [9.17, 15) is 8.42 Å². The zero-order valence-corrected chi connectivity index (χ0v) is 14.6. The normalized spacial score (nSPS) is 16.8. The summed E-state index contributed by atoms with van der Waals surface area (Å²) < 4.78 is 28.2. The molecule has 0 aliphatic heterocycles. The van der Waals surface area contributed by atoms with Crippen LogP contribution in [0.2, 0.25) is 0 Å². The lowest BCUT2D eigenvalue weighted by Crippen LogP contribution is -2.35. The first-order valence-electron chi connectivity index (χ1n) is 7.52. The van der Waals surface area contributed by atoms with Crippen molar-refractivity contribution in [1.29, 1.82) is 0 Å². The maximum Gasteiger partial charge on any atom is 0.182 e. The molecule has 21 heavy (non-hydrogen) atoms. The summed E-state index contributed by atoms with van der Waals surface area (Å²) in [7, 11) is -3.35. The zero-order valence-electron chi connectivity index (χ0n) is 13.0. The first kappa shape index (κ1) is 16.5. The van der Waals surface area contributed by atoms with E-state index in [1.807, 2.05) is 0 Å². The molecular formula is C14H25N3O2S2. The lowest BCUT2D eigenvalue weighted by molar-refractivity contribution is 0.528. The van der Waals surface area contributed by atoms with Crippen molar-refractivity contribution in [2.24, 2.45) is 5.92 Å². The second-order valence-electron chi connectivity index (χ2n) is 6.29. The summed E-state index contributed by atoms with van der Waals surface area (Å²) in [6, 6.07) is 0.420. The van der Waals surface area contributed by atoms with E-state index in [1.165, 1.54) is 30.6 Å². The Labute approximate surface area is 131 Å². The van der Waals surface area contributed by atoms with Crippen LogP contribution < -0.4 is 10.6 Å². The summed E-state index contributed by atoms with van der Waals surface area (Å²) in [6.07, 6.45) is 6.93. The highest BCUT2D eigenvalue weighted by Crippen LogP contribution is 2.38. The minimum atomic E-state index is -3.35. The summed E-state index contributed by atoms with van der Waals surface area (Å²) >= 11 is 1.22. The standard InChI is InChI=1S/C14H25N3O2S2/c1-10(2)8-9-17(11-6-4-5-7-11)14-12(21(3,18)19)13(15)16-20-14/h10-11H,4-9H2,1-3H3,(H2,15,16). The van der Waals surface area contributed by atoms with Crippen LogP contribution in [0.1, 0.15) is 46.0 Å². The predicted molar refractivity (Wildman–Crippen MR) is 88.7 cm³/mol. The summed E-state index contributed by atoms with van der Waals surface area (Å²) in [5.41, 5.74) is 5.81. The molecule has 7 heteroatoms. The number of anilines is 2. The lowest BCUT2D eigenvalue weighted by atomic mass is 10.1. The Hall–Kier alpha value is -0.820. The molecule has 0 radical (unpaired) electrons. The van der Waals surface area contributed by atoms with Crippen LogP contribution in [0, 0.1) is 5.92 Å². The van der Waals surface area contributed by atoms with Crippen LogP contribution in [0.25, 0.3) is 0 Å². The van der Waals surface area contributed by atoms with Crippen LogP contribution in [0.3, 0.4) is 0 Å². The van der Waals surface area contributed by atoms with Crippen molar-refractivity contribution in [3.8, 4) is 0 Å². The third-order valence-corrected chi connectivity index (χ3v) is 6.17. The number of nitrogens with two attached hydrogens (primary N) is 1. The van der Waals surface area contributed by atoms with Crippen LogP contribution >= 0.6 is 11.5 Å². The maximum atomic E-state index is 12.1. The van der Waals surface area contributed by atoms with E-state index in [4.69, 9.17) is 5.73 Å². The Kier molecular flexibility index (Phi) is 5.14. The van der Waals surface area contributed by atoms with Crippen molar-refractivity contribution in [3.63, 3.8) is 0 Å². The Morgan fingerprint density at radius 3 is 2.52 bits per heavy atom. The molecule has 1 aromatic rings. The zero-order chi connectivity index (χ0) is 15.6. The van der Waals surface area contributed by atoms with Crippen LogP contribution in [0.5, 0.6) is 0 Å². The van der Waals surface area contributed by atoms with E-state index >= 15 is 0 Å². The summed E-state index contributed by atoms with van der Waals surface area (Å²) in [4.78, 5) is 2.47. The highest BCUT2D eigenvalue weighted by atomic mass is 32.2. The second-order valence-corrected chi connectivity index (χ2v) is 8.99. The summed E-state index contributed by atoms with van der Waals surface area (Å²) in [6.45, 7) is 5.24. The van der Waals surface area contributed by atoms with Crippen LogP contribution in [0.15, 0.2) is 4.90 Å². The van der Waals surface area contributed by atoms with Gasteiger partial charge in [0.25, 0.3) is 0 Å². The molecule has 1 saturated carbocycles. The first-order valence-corrected chi connectivity index (χ1v) is 10.2. The highest BCUT2D eigenvalue weighted by Gasteiger charge is 2.30.